The molecular weight excluding hydrogens is 564 g/mol. The fraction of sp³-hybridized carbons (Fsp3) is 0.387. The third kappa shape index (κ3) is 8.04. The van der Waals surface area contributed by atoms with E-state index in [-0.39, 0.29) is 35.9 Å². The summed E-state index contributed by atoms with van der Waals surface area (Å²) in [5, 5.41) is 20.0. The second kappa shape index (κ2) is 13.8. The number of nitrogens with zero attached hydrogens (tertiary/aromatic N) is 2. The molecule has 2 aromatic carbocycles. The van der Waals surface area contributed by atoms with E-state index in [1.807, 2.05) is 6.92 Å². The molecule has 0 bridgehead atoms. The Kier molecular flexibility index (Phi) is 11.2. The van der Waals surface area contributed by atoms with Crippen molar-refractivity contribution in [1.29, 1.82) is 0 Å². The predicted octanol–water partition coefficient (Wildman–Crippen LogP) is 5.17. The van der Waals surface area contributed by atoms with Gasteiger partial charge in [0.05, 0.1) is 5.41 Å². The third-order valence-corrected chi connectivity index (χ3v) is 6.26. The van der Waals surface area contributed by atoms with E-state index >= 15 is 0 Å². The average molecular weight is 601 g/mol. The molecule has 0 atom stereocenters. The van der Waals surface area contributed by atoms with Gasteiger partial charge in [-0.25, -0.2) is 14.6 Å². The molecule has 0 fully saturated rings. The highest BCUT2D eigenvalue weighted by atomic mass is 35.5. The molecule has 0 aliphatic carbocycles. The number of carbonyl (C=O) groups is 4. The average Bonchev–Trinajstić information content (AvgIpc) is 3.26. The van der Waals surface area contributed by atoms with Crippen molar-refractivity contribution in [2.24, 2.45) is 5.41 Å². The molecule has 42 heavy (non-hydrogen) atoms. The standard InChI is InChI=1S/C31H36N2O8.ClH/c1-7-10-23-32-26(31(5,6)39)24(28(37)40-18-41-29(38)30(2,3)4)33(23)17-19-13-15-20(16-14-19)21-11-8-9-12-22(21)25(34)27(35)36;/h8-9,11-16,39H,7,10,17-18H2,1-6H3,(H,35,36);1H. The van der Waals surface area contributed by atoms with Crippen LogP contribution < -0.4 is 0 Å². The number of halogens is 1. The molecule has 1 aromatic heterocycles. The van der Waals surface area contributed by atoms with Crippen LogP contribution in [0.15, 0.2) is 48.5 Å². The van der Waals surface area contributed by atoms with E-state index in [9.17, 15) is 29.4 Å². The molecule has 0 radical (unpaired) electrons. The Hall–Kier alpha value is -4.02. The highest BCUT2D eigenvalue weighted by molar-refractivity contribution is 6.41. The van der Waals surface area contributed by atoms with Crippen molar-refractivity contribution in [1.82, 2.24) is 9.55 Å². The number of Topliss-reactive ketones (excluding diaryl/α,β-unsaturated/α-hetero) is 1. The summed E-state index contributed by atoms with van der Waals surface area (Å²) < 4.78 is 12.1. The minimum atomic E-state index is -1.53. The zero-order valence-corrected chi connectivity index (χ0v) is 25.4. The Labute approximate surface area is 251 Å². The fourth-order valence-electron chi connectivity index (χ4n) is 4.16. The maximum atomic E-state index is 13.3. The summed E-state index contributed by atoms with van der Waals surface area (Å²) in [7, 11) is 0. The number of aryl methyl sites for hydroxylation is 1. The summed E-state index contributed by atoms with van der Waals surface area (Å²) in [5.74, 6) is -3.28. The molecule has 0 spiro atoms. The first kappa shape index (κ1) is 34.2. The maximum absolute atomic E-state index is 13.3. The van der Waals surface area contributed by atoms with Crippen LogP contribution >= 0.6 is 12.4 Å². The zero-order valence-electron chi connectivity index (χ0n) is 24.6. The highest BCUT2D eigenvalue weighted by Crippen LogP contribution is 2.28. The number of hydrogen-bond acceptors (Lipinski definition) is 8. The SMILES string of the molecule is CCCc1nc(C(C)(C)O)c(C(=O)OCOC(=O)C(C)(C)C)n1Cc1ccc(-c2ccccc2C(=O)C(=O)O)cc1.Cl. The van der Waals surface area contributed by atoms with Crippen LogP contribution in [0.25, 0.3) is 11.1 Å². The summed E-state index contributed by atoms with van der Waals surface area (Å²) in [6.45, 7) is 9.69. The Bertz CT molecular complexity index is 1450. The fourth-order valence-corrected chi connectivity index (χ4v) is 4.16. The molecule has 0 unspecified atom stereocenters. The molecule has 1 heterocycles. The number of benzene rings is 2. The maximum Gasteiger partial charge on any atom is 0.377 e. The van der Waals surface area contributed by atoms with Gasteiger partial charge in [-0.3, -0.25) is 9.59 Å². The van der Waals surface area contributed by atoms with Crippen LogP contribution in [0, 0.1) is 5.41 Å². The van der Waals surface area contributed by atoms with Gasteiger partial charge >= 0.3 is 17.9 Å². The van der Waals surface area contributed by atoms with Gasteiger partial charge in [-0.05, 0) is 57.7 Å². The van der Waals surface area contributed by atoms with Crippen molar-refractivity contribution in [3.63, 3.8) is 0 Å². The Balaban J connectivity index is 0.00000616. The molecule has 0 aliphatic heterocycles. The van der Waals surface area contributed by atoms with E-state index in [2.05, 4.69) is 4.98 Å². The molecular formula is C31H37ClN2O8. The lowest BCUT2D eigenvalue weighted by Crippen LogP contribution is -2.27. The first-order valence-electron chi connectivity index (χ1n) is 13.3. The number of rotatable bonds is 11. The number of carboxylic acid groups (broad SMARTS) is 1. The molecule has 226 valence electrons. The molecule has 3 aromatic rings. The van der Waals surface area contributed by atoms with Gasteiger partial charge in [0.2, 0.25) is 6.79 Å². The molecule has 0 saturated carbocycles. The number of aliphatic carboxylic acids is 1. The van der Waals surface area contributed by atoms with Crippen LogP contribution in [0.3, 0.4) is 0 Å². The van der Waals surface area contributed by atoms with Crippen molar-refractivity contribution in [2.45, 2.75) is 66.5 Å². The van der Waals surface area contributed by atoms with Crippen molar-refractivity contribution in [3.8, 4) is 11.1 Å². The second-order valence-corrected chi connectivity index (χ2v) is 11.2. The number of ketones is 1. The number of aromatic nitrogens is 2. The van der Waals surface area contributed by atoms with Gasteiger partial charge < -0.3 is 24.3 Å². The number of hydrogen-bond donors (Lipinski definition) is 2. The third-order valence-electron chi connectivity index (χ3n) is 6.26. The molecule has 11 heteroatoms. The predicted molar refractivity (Wildman–Crippen MR) is 157 cm³/mol. The van der Waals surface area contributed by atoms with Gasteiger partial charge in [0.25, 0.3) is 5.78 Å². The topological polar surface area (TPSA) is 145 Å². The van der Waals surface area contributed by atoms with E-state index < -0.39 is 41.5 Å². The first-order chi connectivity index (χ1) is 19.1. The number of carboxylic acids is 1. The normalized spacial score (nSPS) is 11.4. The number of ether oxygens (including phenoxy) is 2. The number of aliphatic hydroxyl groups is 1. The van der Waals surface area contributed by atoms with Gasteiger partial charge in [-0.1, -0.05) is 55.5 Å². The Morgan fingerprint density at radius 1 is 0.929 bits per heavy atom. The van der Waals surface area contributed by atoms with E-state index in [0.717, 1.165) is 12.0 Å². The van der Waals surface area contributed by atoms with E-state index in [0.29, 0.717) is 23.4 Å². The van der Waals surface area contributed by atoms with Crippen LogP contribution in [-0.4, -0.2) is 50.2 Å². The zero-order chi connectivity index (χ0) is 30.5. The lowest BCUT2D eigenvalue weighted by Gasteiger charge is -2.19. The van der Waals surface area contributed by atoms with Crippen molar-refractivity contribution < 1.29 is 38.9 Å². The second-order valence-electron chi connectivity index (χ2n) is 11.2. The molecule has 3 rings (SSSR count). The number of imidazole rings is 1. The van der Waals surface area contributed by atoms with Crippen molar-refractivity contribution >= 4 is 36.1 Å². The van der Waals surface area contributed by atoms with Gasteiger partial charge in [-0.2, -0.15) is 0 Å². The van der Waals surface area contributed by atoms with E-state index in [1.165, 1.54) is 19.9 Å². The molecule has 0 saturated heterocycles. The van der Waals surface area contributed by atoms with Crippen LogP contribution in [0.2, 0.25) is 0 Å². The van der Waals surface area contributed by atoms with E-state index in [1.54, 1.807) is 67.8 Å². The lowest BCUT2D eigenvalue weighted by atomic mass is 9.96. The van der Waals surface area contributed by atoms with Crippen LogP contribution in [0.5, 0.6) is 0 Å². The number of carbonyl (C=O) groups excluding carboxylic acids is 3. The Morgan fingerprint density at radius 3 is 2.10 bits per heavy atom. The van der Waals surface area contributed by atoms with Crippen molar-refractivity contribution in [3.05, 3.63) is 76.9 Å². The van der Waals surface area contributed by atoms with Crippen LogP contribution in [0.1, 0.15) is 85.9 Å². The summed E-state index contributed by atoms with van der Waals surface area (Å²) in [6, 6.07) is 13.6. The van der Waals surface area contributed by atoms with Crippen LogP contribution in [0.4, 0.5) is 0 Å². The summed E-state index contributed by atoms with van der Waals surface area (Å²) >= 11 is 0. The molecule has 2 N–H and O–H groups in total. The minimum absolute atomic E-state index is 0. The number of esters is 2. The van der Waals surface area contributed by atoms with Gasteiger partial charge in [0.15, 0.2) is 5.69 Å². The summed E-state index contributed by atoms with van der Waals surface area (Å²) in [5.41, 5.74) is -0.0429. The largest absolute Gasteiger partial charge is 0.475 e. The van der Waals surface area contributed by atoms with E-state index in [4.69, 9.17) is 9.47 Å². The van der Waals surface area contributed by atoms with Crippen molar-refractivity contribution in [2.75, 3.05) is 6.79 Å². The van der Waals surface area contributed by atoms with Gasteiger partial charge in [-0.15, -0.1) is 12.4 Å². The van der Waals surface area contributed by atoms with Crippen LogP contribution in [-0.2, 0) is 37.6 Å². The minimum Gasteiger partial charge on any atom is -0.475 e. The Morgan fingerprint density at radius 2 is 1.55 bits per heavy atom. The van der Waals surface area contributed by atoms with Gasteiger partial charge in [0.1, 0.15) is 17.1 Å². The lowest BCUT2D eigenvalue weighted by molar-refractivity contribution is -0.161. The summed E-state index contributed by atoms with van der Waals surface area (Å²) in [6.07, 6.45) is 1.26. The highest BCUT2D eigenvalue weighted by Gasteiger charge is 2.33. The smallest absolute Gasteiger partial charge is 0.377 e. The molecule has 0 amide bonds. The molecule has 10 nitrogen and oxygen atoms in total. The summed E-state index contributed by atoms with van der Waals surface area (Å²) in [4.78, 5) is 53.5. The van der Waals surface area contributed by atoms with Gasteiger partial charge in [0, 0.05) is 18.5 Å². The monoisotopic (exact) mass is 600 g/mol. The molecule has 0 aliphatic rings. The quantitative estimate of drug-likeness (QED) is 0.132. The first-order valence-corrected chi connectivity index (χ1v) is 13.3.